The van der Waals surface area contributed by atoms with Crippen LogP contribution in [0.25, 0.3) is 6.08 Å². The second kappa shape index (κ2) is 9.77. The standard InChI is InChI=1S/C28H38N2O2S/c1-3-5-22(7-8-28-15-19-10-20(16-28)12-21(11-19)17-28)26-29-18-24(30-26)13-23(27(31)32-2)14-25-6-4-9-33-25/h4,6,9,13,18-22H,3,5,7-8,10-12,14-17H2,1-2H3,(H,29,30). The molecule has 0 aliphatic heterocycles. The summed E-state index contributed by atoms with van der Waals surface area (Å²) in [5.41, 5.74) is 2.18. The van der Waals surface area contributed by atoms with Crippen LogP contribution in [0.15, 0.2) is 29.3 Å². The van der Waals surface area contributed by atoms with Gasteiger partial charge < -0.3 is 9.72 Å². The Morgan fingerprint density at radius 2 is 1.97 bits per heavy atom. The number of nitrogens with zero attached hydrogens (tertiary/aromatic N) is 1. The van der Waals surface area contributed by atoms with Gasteiger partial charge in [0.2, 0.25) is 0 Å². The normalized spacial score (nSPS) is 29.4. The van der Waals surface area contributed by atoms with Crippen molar-refractivity contribution in [2.24, 2.45) is 23.2 Å². The highest BCUT2D eigenvalue weighted by Crippen LogP contribution is 2.62. The zero-order valence-corrected chi connectivity index (χ0v) is 21.0. The fourth-order valence-corrected chi connectivity index (χ4v) is 8.30. The number of esters is 1. The van der Waals surface area contributed by atoms with Crippen LogP contribution in [0.1, 0.15) is 93.4 Å². The number of nitrogens with one attached hydrogen (secondary N) is 1. The number of ether oxygens (including phenoxy) is 1. The van der Waals surface area contributed by atoms with E-state index >= 15 is 0 Å². The van der Waals surface area contributed by atoms with Crippen LogP contribution < -0.4 is 0 Å². The van der Waals surface area contributed by atoms with Crippen LogP contribution in [0.4, 0.5) is 0 Å². The monoisotopic (exact) mass is 466 g/mol. The van der Waals surface area contributed by atoms with Gasteiger partial charge in [-0.05, 0) is 98.5 Å². The average Bonchev–Trinajstić information content (AvgIpc) is 3.47. The number of aromatic nitrogens is 2. The molecule has 4 saturated carbocycles. The van der Waals surface area contributed by atoms with Crippen LogP contribution in [0, 0.1) is 23.2 Å². The molecule has 1 unspecified atom stereocenters. The molecule has 1 N–H and O–H groups in total. The van der Waals surface area contributed by atoms with Crippen LogP contribution in [-0.2, 0) is 16.0 Å². The Bertz CT molecular complexity index is 939. The van der Waals surface area contributed by atoms with Gasteiger partial charge in [-0.25, -0.2) is 9.78 Å². The van der Waals surface area contributed by atoms with Gasteiger partial charge in [0.15, 0.2) is 0 Å². The largest absolute Gasteiger partial charge is 0.466 e. The first kappa shape index (κ1) is 22.9. The lowest BCUT2D eigenvalue weighted by molar-refractivity contribution is -0.136. The number of aromatic amines is 1. The van der Waals surface area contributed by atoms with Gasteiger partial charge in [-0.2, -0.15) is 0 Å². The number of imidazole rings is 1. The van der Waals surface area contributed by atoms with E-state index < -0.39 is 0 Å². The van der Waals surface area contributed by atoms with Gasteiger partial charge >= 0.3 is 5.97 Å². The van der Waals surface area contributed by atoms with Gasteiger partial charge in [0, 0.05) is 22.8 Å². The van der Waals surface area contributed by atoms with Crippen LogP contribution in [0.3, 0.4) is 0 Å². The molecule has 33 heavy (non-hydrogen) atoms. The lowest BCUT2D eigenvalue weighted by Crippen LogP contribution is -2.46. The van der Waals surface area contributed by atoms with Crippen molar-refractivity contribution in [2.45, 2.75) is 83.5 Å². The maximum atomic E-state index is 12.4. The van der Waals surface area contributed by atoms with Crippen LogP contribution >= 0.6 is 11.3 Å². The Kier molecular flexibility index (Phi) is 6.78. The molecular weight excluding hydrogens is 428 g/mol. The molecule has 0 amide bonds. The minimum Gasteiger partial charge on any atom is -0.466 e. The number of H-pyrrole nitrogens is 1. The first-order valence-corrected chi connectivity index (χ1v) is 13.8. The van der Waals surface area contributed by atoms with Crippen LogP contribution in [0.5, 0.6) is 0 Å². The second-order valence-electron chi connectivity index (χ2n) is 11.1. The summed E-state index contributed by atoms with van der Waals surface area (Å²) in [4.78, 5) is 21.9. The number of hydrogen-bond acceptors (Lipinski definition) is 4. The Labute approximate surface area is 202 Å². The van der Waals surface area contributed by atoms with E-state index in [9.17, 15) is 4.79 Å². The molecule has 2 aromatic heterocycles. The molecule has 2 heterocycles. The highest BCUT2D eigenvalue weighted by molar-refractivity contribution is 7.09. The van der Waals surface area contributed by atoms with E-state index in [1.54, 1.807) is 11.3 Å². The number of carbonyl (C=O) groups is 1. The van der Waals surface area contributed by atoms with Crippen molar-refractivity contribution in [3.8, 4) is 0 Å². The summed E-state index contributed by atoms with van der Waals surface area (Å²) in [7, 11) is 1.45. The summed E-state index contributed by atoms with van der Waals surface area (Å²) in [6, 6.07) is 4.07. The predicted molar refractivity (Wildman–Crippen MR) is 134 cm³/mol. The molecule has 4 bridgehead atoms. The predicted octanol–water partition coefficient (Wildman–Crippen LogP) is 7.15. The van der Waals surface area contributed by atoms with Crippen molar-refractivity contribution in [2.75, 3.05) is 7.11 Å². The number of thiophene rings is 1. The molecule has 0 radical (unpaired) electrons. The zero-order valence-electron chi connectivity index (χ0n) is 20.1. The smallest absolute Gasteiger partial charge is 0.334 e. The Hall–Kier alpha value is -1.88. The molecule has 0 spiro atoms. The van der Waals surface area contributed by atoms with E-state index in [0.717, 1.165) is 34.1 Å². The fraction of sp³-hybridized carbons (Fsp3) is 0.643. The third-order valence-corrected chi connectivity index (χ3v) is 9.43. The van der Waals surface area contributed by atoms with Gasteiger partial charge in [0.1, 0.15) is 5.82 Å². The number of hydrogen-bond donors (Lipinski definition) is 1. The van der Waals surface area contributed by atoms with Crippen molar-refractivity contribution in [3.05, 3.63) is 45.7 Å². The van der Waals surface area contributed by atoms with Crippen molar-refractivity contribution < 1.29 is 9.53 Å². The Balaban J connectivity index is 1.29. The first-order chi connectivity index (χ1) is 16.1. The molecule has 178 valence electrons. The quantitative estimate of drug-likeness (QED) is 0.299. The van der Waals surface area contributed by atoms with Crippen molar-refractivity contribution in [1.82, 2.24) is 9.97 Å². The van der Waals surface area contributed by atoms with Gasteiger partial charge in [0.05, 0.1) is 19.0 Å². The van der Waals surface area contributed by atoms with Crippen LogP contribution in [-0.4, -0.2) is 23.0 Å². The molecule has 4 fully saturated rings. The van der Waals surface area contributed by atoms with Gasteiger partial charge in [-0.3, -0.25) is 0 Å². The van der Waals surface area contributed by atoms with Gasteiger partial charge in [0.25, 0.3) is 0 Å². The van der Waals surface area contributed by atoms with Crippen LogP contribution in [0.2, 0.25) is 0 Å². The minimum absolute atomic E-state index is 0.272. The SMILES string of the molecule is CCCC(CCC12CC3CC(CC(C3)C1)C2)c1ncc(C=C(Cc2cccs2)C(=O)OC)[nH]1. The summed E-state index contributed by atoms with van der Waals surface area (Å²) in [6.07, 6.45) is 18.3. The molecule has 6 rings (SSSR count). The summed E-state index contributed by atoms with van der Waals surface area (Å²) in [5.74, 6) is 4.34. The maximum absolute atomic E-state index is 12.4. The van der Waals surface area contributed by atoms with E-state index in [2.05, 4.69) is 18.0 Å². The van der Waals surface area contributed by atoms with E-state index in [1.807, 2.05) is 23.7 Å². The molecule has 4 aliphatic carbocycles. The third-order valence-electron chi connectivity index (χ3n) is 8.55. The molecule has 0 aromatic carbocycles. The van der Waals surface area contributed by atoms with Crippen molar-refractivity contribution >= 4 is 23.4 Å². The molecule has 1 atom stereocenters. The lowest BCUT2D eigenvalue weighted by Gasteiger charge is -2.57. The molecule has 4 aliphatic rings. The third kappa shape index (κ3) is 5.13. The topological polar surface area (TPSA) is 55.0 Å². The Morgan fingerprint density at radius 3 is 2.58 bits per heavy atom. The molecule has 2 aromatic rings. The van der Waals surface area contributed by atoms with E-state index in [0.29, 0.717) is 23.3 Å². The second-order valence-corrected chi connectivity index (χ2v) is 12.1. The Morgan fingerprint density at radius 1 is 1.24 bits per heavy atom. The number of methoxy groups -OCH3 is 1. The zero-order chi connectivity index (χ0) is 22.8. The van der Waals surface area contributed by atoms with E-state index in [4.69, 9.17) is 9.72 Å². The van der Waals surface area contributed by atoms with Crippen molar-refractivity contribution in [3.63, 3.8) is 0 Å². The van der Waals surface area contributed by atoms with Crippen molar-refractivity contribution in [1.29, 1.82) is 0 Å². The lowest BCUT2D eigenvalue weighted by atomic mass is 9.48. The fourth-order valence-electron chi connectivity index (χ4n) is 7.58. The number of rotatable bonds is 10. The highest BCUT2D eigenvalue weighted by Gasteiger charge is 2.50. The summed E-state index contributed by atoms with van der Waals surface area (Å²) >= 11 is 1.66. The van der Waals surface area contributed by atoms with E-state index in [1.165, 1.54) is 71.3 Å². The van der Waals surface area contributed by atoms with E-state index in [-0.39, 0.29) is 5.97 Å². The summed E-state index contributed by atoms with van der Waals surface area (Å²) < 4.78 is 5.04. The first-order valence-electron chi connectivity index (χ1n) is 12.9. The average molecular weight is 467 g/mol. The number of carbonyl (C=O) groups excluding carboxylic acids is 1. The minimum atomic E-state index is -0.272. The molecular formula is C28H38N2O2S. The van der Waals surface area contributed by atoms with Gasteiger partial charge in [-0.1, -0.05) is 19.4 Å². The highest BCUT2D eigenvalue weighted by atomic mass is 32.1. The van der Waals surface area contributed by atoms with Gasteiger partial charge in [-0.15, -0.1) is 11.3 Å². The molecule has 0 saturated heterocycles. The summed E-state index contributed by atoms with van der Waals surface area (Å²) in [6.45, 7) is 2.28. The maximum Gasteiger partial charge on any atom is 0.334 e. The molecule has 5 heteroatoms. The summed E-state index contributed by atoms with van der Waals surface area (Å²) in [5, 5.41) is 2.04. The molecule has 4 nitrogen and oxygen atoms in total.